The summed E-state index contributed by atoms with van der Waals surface area (Å²) in [6.07, 6.45) is 4.40. The molecule has 2 saturated heterocycles. The van der Waals surface area contributed by atoms with Gasteiger partial charge in [-0.3, -0.25) is 4.90 Å². The van der Waals surface area contributed by atoms with Crippen LogP contribution in [0, 0.1) is 5.92 Å². The van der Waals surface area contributed by atoms with Crippen LogP contribution in [0.1, 0.15) is 31.2 Å². The third kappa shape index (κ3) is 4.45. The summed E-state index contributed by atoms with van der Waals surface area (Å²) < 4.78 is 0. The van der Waals surface area contributed by atoms with E-state index in [0.717, 1.165) is 43.4 Å². The number of aliphatic hydroxyl groups is 1. The van der Waals surface area contributed by atoms with Crippen molar-refractivity contribution in [3.05, 3.63) is 34.9 Å². The van der Waals surface area contributed by atoms with Crippen LogP contribution in [0.25, 0.3) is 0 Å². The van der Waals surface area contributed by atoms with Gasteiger partial charge in [-0.2, -0.15) is 0 Å². The number of aliphatic hydroxyl groups excluding tert-OH is 1. The van der Waals surface area contributed by atoms with Gasteiger partial charge in [0.2, 0.25) is 0 Å². The Morgan fingerprint density at radius 3 is 2.27 bits per heavy atom. The molecule has 0 aliphatic carbocycles. The van der Waals surface area contributed by atoms with E-state index in [0.29, 0.717) is 0 Å². The fraction of sp³-hybridized carbons (Fsp3) is 0.667. The minimum absolute atomic E-state index is 0.0614. The van der Waals surface area contributed by atoms with Crippen LogP contribution < -0.4 is 0 Å². The second-order valence-electron chi connectivity index (χ2n) is 6.84. The van der Waals surface area contributed by atoms with Crippen molar-refractivity contribution >= 4 is 11.6 Å². The molecule has 2 fully saturated rings. The molecule has 0 bridgehead atoms. The first-order chi connectivity index (χ1) is 10.7. The molecule has 2 heterocycles. The lowest BCUT2D eigenvalue weighted by Gasteiger charge is -2.37. The normalized spacial score (nSPS) is 23.0. The summed E-state index contributed by atoms with van der Waals surface area (Å²) in [5, 5.41) is 10.5. The van der Waals surface area contributed by atoms with Gasteiger partial charge in [-0.05, 0) is 56.3 Å². The smallest absolute Gasteiger partial charge is 0.0564 e. The Hall–Kier alpha value is -0.610. The molecule has 0 unspecified atom stereocenters. The molecule has 22 heavy (non-hydrogen) atoms. The highest BCUT2D eigenvalue weighted by molar-refractivity contribution is 6.31. The van der Waals surface area contributed by atoms with Gasteiger partial charge in [0.25, 0.3) is 0 Å². The maximum absolute atomic E-state index is 9.59. The summed E-state index contributed by atoms with van der Waals surface area (Å²) in [6.45, 7) is 6.68. The molecular weight excluding hydrogens is 296 g/mol. The zero-order chi connectivity index (χ0) is 15.4. The van der Waals surface area contributed by atoms with Crippen LogP contribution in [0.2, 0.25) is 5.02 Å². The van der Waals surface area contributed by atoms with Gasteiger partial charge < -0.3 is 10.0 Å². The number of halogens is 1. The Balaban J connectivity index is 1.42. The van der Waals surface area contributed by atoms with Crippen LogP contribution in [0.3, 0.4) is 0 Å². The molecule has 3 nitrogen and oxygen atoms in total. The predicted molar refractivity (Wildman–Crippen MR) is 91.1 cm³/mol. The quantitative estimate of drug-likeness (QED) is 0.923. The molecule has 0 spiro atoms. The van der Waals surface area contributed by atoms with Gasteiger partial charge in [0, 0.05) is 31.2 Å². The van der Waals surface area contributed by atoms with Gasteiger partial charge in [-0.1, -0.05) is 29.8 Å². The van der Waals surface area contributed by atoms with Gasteiger partial charge in [0.15, 0.2) is 0 Å². The minimum Gasteiger partial charge on any atom is -0.393 e. The van der Waals surface area contributed by atoms with Crippen molar-refractivity contribution in [1.82, 2.24) is 9.80 Å². The second-order valence-corrected chi connectivity index (χ2v) is 7.25. The number of hydrogen-bond acceptors (Lipinski definition) is 3. The van der Waals surface area contributed by atoms with Gasteiger partial charge in [-0.15, -0.1) is 0 Å². The van der Waals surface area contributed by atoms with Crippen molar-refractivity contribution in [2.24, 2.45) is 5.92 Å². The Labute approximate surface area is 138 Å². The molecule has 0 amide bonds. The molecule has 2 aliphatic rings. The maximum Gasteiger partial charge on any atom is 0.0564 e. The van der Waals surface area contributed by atoms with E-state index >= 15 is 0 Å². The molecule has 4 heteroatoms. The van der Waals surface area contributed by atoms with E-state index in [-0.39, 0.29) is 6.10 Å². The van der Waals surface area contributed by atoms with Gasteiger partial charge in [0.1, 0.15) is 0 Å². The molecule has 0 atom stereocenters. The van der Waals surface area contributed by atoms with Gasteiger partial charge >= 0.3 is 0 Å². The number of benzene rings is 1. The van der Waals surface area contributed by atoms with Gasteiger partial charge in [0.05, 0.1) is 6.10 Å². The molecule has 3 rings (SSSR count). The zero-order valence-electron chi connectivity index (χ0n) is 13.3. The van der Waals surface area contributed by atoms with E-state index in [9.17, 15) is 5.11 Å². The van der Waals surface area contributed by atoms with E-state index in [1.54, 1.807) is 0 Å². The lowest BCUT2D eigenvalue weighted by molar-refractivity contribution is 0.0645. The Kier molecular flexibility index (Phi) is 5.75. The van der Waals surface area contributed by atoms with Crippen molar-refractivity contribution in [1.29, 1.82) is 0 Å². The molecule has 1 aromatic rings. The monoisotopic (exact) mass is 322 g/mol. The van der Waals surface area contributed by atoms with Crippen molar-refractivity contribution in [3.63, 3.8) is 0 Å². The van der Waals surface area contributed by atoms with Crippen molar-refractivity contribution < 1.29 is 5.11 Å². The molecule has 122 valence electrons. The van der Waals surface area contributed by atoms with Gasteiger partial charge in [-0.25, -0.2) is 0 Å². The summed E-state index contributed by atoms with van der Waals surface area (Å²) in [4.78, 5) is 5.07. The third-order valence-electron chi connectivity index (χ3n) is 5.13. The summed E-state index contributed by atoms with van der Waals surface area (Å²) in [5.74, 6) is 0.817. The number of rotatable bonds is 4. The largest absolute Gasteiger partial charge is 0.393 e. The summed E-state index contributed by atoms with van der Waals surface area (Å²) in [6, 6.07) is 8.17. The highest BCUT2D eigenvalue weighted by Crippen LogP contribution is 2.23. The summed E-state index contributed by atoms with van der Waals surface area (Å²) in [7, 11) is 0. The lowest BCUT2D eigenvalue weighted by Crippen LogP contribution is -2.42. The first kappa shape index (κ1) is 16.3. The summed E-state index contributed by atoms with van der Waals surface area (Å²) >= 11 is 6.26. The number of likely N-dealkylation sites (tertiary alicyclic amines) is 2. The SMILES string of the molecule is OC1CCN(CC2CCN(Cc3ccccc3Cl)CC2)CC1. The first-order valence-electron chi connectivity index (χ1n) is 8.57. The predicted octanol–water partition coefficient (Wildman–Crippen LogP) is 3.01. The van der Waals surface area contributed by atoms with Crippen molar-refractivity contribution in [2.45, 2.75) is 38.3 Å². The van der Waals surface area contributed by atoms with Crippen LogP contribution >= 0.6 is 11.6 Å². The average Bonchev–Trinajstić information content (AvgIpc) is 2.54. The van der Waals surface area contributed by atoms with E-state index in [1.807, 2.05) is 12.1 Å². The third-order valence-corrected chi connectivity index (χ3v) is 5.50. The van der Waals surface area contributed by atoms with E-state index in [2.05, 4.69) is 21.9 Å². The van der Waals surface area contributed by atoms with E-state index in [1.165, 1.54) is 38.0 Å². The lowest BCUT2D eigenvalue weighted by atomic mass is 9.94. The van der Waals surface area contributed by atoms with E-state index < -0.39 is 0 Å². The van der Waals surface area contributed by atoms with Crippen LogP contribution in [-0.2, 0) is 6.54 Å². The molecule has 0 saturated carbocycles. The molecule has 2 aliphatic heterocycles. The fourth-order valence-corrected chi connectivity index (χ4v) is 3.86. The van der Waals surface area contributed by atoms with Crippen LogP contribution in [-0.4, -0.2) is 53.7 Å². The maximum atomic E-state index is 9.59. The second kappa shape index (κ2) is 7.78. The highest BCUT2D eigenvalue weighted by Gasteiger charge is 2.24. The average molecular weight is 323 g/mol. The molecule has 1 N–H and O–H groups in total. The Morgan fingerprint density at radius 2 is 1.59 bits per heavy atom. The molecular formula is C18H27ClN2O. The molecule has 1 aromatic carbocycles. The number of hydrogen-bond donors (Lipinski definition) is 1. The zero-order valence-corrected chi connectivity index (χ0v) is 14.0. The summed E-state index contributed by atoms with van der Waals surface area (Å²) in [5.41, 5.74) is 1.24. The van der Waals surface area contributed by atoms with Crippen LogP contribution in [0.5, 0.6) is 0 Å². The minimum atomic E-state index is -0.0614. The highest BCUT2D eigenvalue weighted by atomic mass is 35.5. The number of nitrogens with zero attached hydrogens (tertiary/aromatic N) is 2. The number of piperidine rings is 2. The topological polar surface area (TPSA) is 26.7 Å². The van der Waals surface area contributed by atoms with Crippen molar-refractivity contribution in [2.75, 3.05) is 32.7 Å². The van der Waals surface area contributed by atoms with Crippen molar-refractivity contribution in [3.8, 4) is 0 Å². The Bertz CT molecular complexity index is 466. The first-order valence-corrected chi connectivity index (χ1v) is 8.94. The Morgan fingerprint density at radius 1 is 0.955 bits per heavy atom. The molecule has 0 aromatic heterocycles. The molecule has 0 radical (unpaired) electrons. The van der Waals surface area contributed by atoms with E-state index in [4.69, 9.17) is 11.6 Å². The fourth-order valence-electron chi connectivity index (χ4n) is 3.66. The van der Waals surface area contributed by atoms with Crippen LogP contribution in [0.4, 0.5) is 0 Å². The standard InChI is InChI=1S/C18H27ClN2O/c19-18-4-2-1-3-16(18)14-21-9-5-15(6-10-21)13-20-11-7-17(22)8-12-20/h1-4,15,17,22H,5-14H2. The van der Waals surface area contributed by atoms with Crippen LogP contribution in [0.15, 0.2) is 24.3 Å².